The largest absolute Gasteiger partial charge is 0.484 e. The summed E-state index contributed by atoms with van der Waals surface area (Å²) in [5, 5.41) is 0. The Hall–Kier alpha value is -3.80. The van der Waals surface area contributed by atoms with E-state index in [-0.39, 0.29) is 6.61 Å². The Kier molecular flexibility index (Phi) is 7.65. The number of hydrogen-bond acceptors (Lipinski definition) is 4. The molecule has 0 saturated carbocycles. The minimum Gasteiger partial charge on any atom is -0.484 e. The molecule has 0 fully saturated rings. The predicted molar refractivity (Wildman–Crippen MR) is 120 cm³/mol. The van der Waals surface area contributed by atoms with E-state index in [4.69, 9.17) is 9.47 Å². The quantitative estimate of drug-likeness (QED) is 0.541. The Morgan fingerprint density at radius 2 is 1.42 bits per heavy atom. The van der Waals surface area contributed by atoms with Crippen molar-refractivity contribution in [1.29, 1.82) is 0 Å². The first kappa shape index (κ1) is 21.9. The Morgan fingerprint density at radius 1 is 0.806 bits per heavy atom. The summed E-state index contributed by atoms with van der Waals surface area (Å²) in [4.78, 5) is 24.3. The standard InChI is InChI=1S/C25H26N2O4/c1-3-23(31-22-15-11-20(12-16-22)19-7-5-4-6-8-19)25(29)27-26-24(28)17-30-21-13-9-18(2)10-14-21/h4-16,23H,3,17H2,1-2H3,(H,26,28)(H,27,29). The average molecular weight is 418 g/mol. The summed E-state index contributed by atoms with van der Waals surface area (Å²) >= 11 is 0. The van der Waals surface area contributed by atoms with E-state index in [1.54, 1.807) is 12.1 Å². The monoisotopic (exact) mass is 418 g/mol. The second-order valence-electron chi connectivity index (χ2n) is 7.04. The highest BCUT2D eigenvalue weighted by atomic mass is 16.5. The lowest BCUT2D eigenvalue weighted by Gasteiger charge is -2.18. The molecular weight excluding hydrogens is 392 g/mol. The van der Waals surface area contributed by atoms with E-state index in [1.165, 1.54) is 0 Å². The van der Waals surface area contributed by atoms with Gasteiger partial charge in [0.2, 0.25) is 0 Å². The smallest absolute Gasteiger partial charge is 0.279 e. The SMILES string of the molecule is CCC(Oc1ccc(-c2ccccc2)cc1)C(=O)NNC(=O)COc1ccc(C)cc1. The van der Waals surface area contributed by atoms with E-state index in [1.807, 2.05) is 80.6 Å². The Labute approximate surface area is 182 Å². The van der Waals surface area contributed by atoms with Gasteiger partial charge in [-0.05, 0) is 48.7 Å². The molecule has 0 radical (unpaired) electrons. The van der Waals surface area contributed by atoms with Crippen molar-refractivity contribution < 1.29 is 19.1 Å². The number of carbonyl (C=O) groups excluding carboxylic acids is 2. The molecule has 0 aliphatic heterocycles. The molecule has 6 nitrogen and oxygen atoms in total. The van der Waals surface area contributed by atoms with E-state index in [0.717, 1.165) is 16.7 Å². The summed E-state index contributed by atoms with van der Waals surface area (Å²) in [6.07, 6.45) is -0.289. The topological polar surface area (TPSA) is 76.7 Å². The normalized spacial score (nSPS) is 11.3. The van der Waals surface area contributed by atoms with Crippen LogP contribution >= 0.6 is 0 Å². The molecule has 2 N–H and O–H groups in total. The first-order valence-electron chi connectivity index (χ1n) is 10.2. The van der Waals surface area contributed by atoms with Gasteiger partial charge in [-0.2, -0.15) is 0 Å². The minimum atomic E-state index is -0.735. The molecule has 0 aliphatic rings. The van der Waals surface area contributed by atoms with Gasteiger partial charge in [0.05, 0.1) is 0 Å². The van der Waals surface area contributed by atoms with Crippen LogP contribution in [-0.4, -0.2) is 24.5 Å². The lowest BCUT2D eigenvalue weighted by atomic mass is 10.1. The number of hydrogen-bond donors (Lipinski definition) is 2. The summed E-state index contributed by atoms with van der Waals surface area (Å²) in [6.45, 7) is 3.60. The molecule has 3 rings (SSSR count). The van der Waals surface area contributed by atoms with Gasteiger partial charge in [0.15, 0.2) is 12.7 Å². The van der Waals surface area contributed by atoms with Crippen LogP contribution in [0.15, 0.2) is 78.9 Å². The highest BCUT2D eigenvalue weighted by Gasteiger charge is 2.19. The van der Waals surface area contributed by atoms with E-state index in [2.05, 4.69) is 10.9 Å². The number of aryl methyl sites for hydroxylation is 1. The summed E-state index contributed by atoms with van der Waals surface area (Å²) in [6, 6.07) is 24.9. The van der Waals surface area contributed by atoms with Crippen molar-refractivity contribution in [3.63, 3.8) is 0 Å². The van der Waals surface area contributed by atoms with Crippen LogP contribution in [0.5, 0.6) is 11.5 Å². The lowest BCUT2D eigenvalue weighted by molar-refractivity contribution is -0.134. The van der Waals surface area contributed by atoms with Crippen molar-refractivity contribution in [2.75, 3.05) is 6.61 Å². The van der Waals surface area contributed by atoms with Crippen LogP contribution in [-0.2, 0) is 9.59 Å². The van der Waals surface area contributed by atoms with Gasteiger partial charge in [-0.1, -0.05) is 67.1 Å². The highest BCUT2D eigenvalue weighted by molar-refractivity contribution is 5.85. The number of amides is 2. The zero-order valence-electron chi connectivity index (χ0n) is 17.6. The maximum absolute atomic E-state index is 12.4. The third-order valence-corrected chi connectivity index (χ3v) is 4.62. The Morgan fingerprint density at radius 3 is 2.06 bits per heavy atom. The molecule has 1 unspecified atom stereocenters. The van der Waals surface area contributed by atoms with Crippen molar-refractivity contribution >= 4 is 11.8 Å². The number of benzene rings is 3. The molecular formula is C25H26N2O4. The molecule has 0 heterocycles. The third kappa shape index (κ3) is 6.60. The summed E-state index contributed by atoms with van der Waals surface area (Å²) in [5.41, 5.74) is 8.01. The van der Waals surface area contributed by atoms with Crippen molar-refractivity contribution in [2.45, 2.75) is 26.4 Å². The fourth-order valence-corrected chi connectivity index (χ4v) is 2.87. The minimum absolute atomic E-state index is 0.206. The number of nitrogens with one attached hydrogen (secondary N) is 2. The number of hydrazine groups is 1. The molecule has 0 bridgehead atoms. The second-order valence-corrected chi connectivity index (χ2v) is 7.04. The van der Waals surface area contributed by atoms with Crippen LogP contribution in [0.25, 0.3) is 11.1 Å². The average Bonchev–Trinajstić information content (AvgIpc) is 2.81. The first-order chi connectivity index (χ1) is 15.0. The molecule has 6 heteroatoms. The summed E-state index contributed by atoms with van der Waals surface area (Å²) < 4.78 is 11.2. The molecule has 0 aromatic heterocycles. The van der Waals surface area contributed by atoms with Crippen molar-refractivity contribution in [3.8, 4) is 22.6 Å². The molecule has 3 aromatic carbocycles. The molecule has 160 valence electrons. The van der Waals surface area contributed by atoms with Gasteiger partial charge < -0.3 is 9.47 Å². The molecule has 1 atom stereocenters. The van der Waals surface area contributed by atoms with E-state index >= 15 is 0 Å². The fraction of sp³-hybridized carbons (Fsp3) is 0.200. The molecule has 0 saturated heterocycles. The Bertz CT molecular complexity index is 986. The molecule has 0 aliphatic carbocycles. The van der Waals surface area contributed by atoms with Crippen LogP contribution in [0.3, 0.4) is 0 Å². The maximum Gasteiger partial charge on any atom is 0.279 e. The van der Waals surface area contributed by atoms with E-state index < -0.39 is 17.9 Å². The third-order valence-electron chi connectivity index (χ3n) is 4.62. The van der Waals surface area contributed by atoms with Crippen LogP contribution in [0.2, 0.25) is 0 Å². The highest BCUT2D eigenvalue weighted by Crippen LogP contribution is 2.23. The van der Waals surface area contributed by atoms with E-state index in [0.29, 0.717) is 17.9 Å². The van der Waals surface area contributed by atoms with Crippen LogP contribution in [0.1, 0.15) is 18.9 Å². The van der Waals surface area contributed by atoms with Crippen molar-refractivity contribution in [2.24, 2.45) is 0 Å². The summed E-state index contributed by atoms with van der Waals surface area (Å²) in [7, 11) is 0. The Balaban J connectivity index is 1.47. The van der Waals surface area contributed by atoms with Gasteiger partial charge in [-0.15, -0.1) is 0 Å². The molecule has 2 amide bonds. The predicted octanol–water partition coefficient (Wildman–Crippen LogP) is 4.05. The van der Waals surface area contributed by atoms with Crippen LogP contribution in [0, 0.1) is 6.92 Å². The van der Waals surface area contributed by atoms with Gasteiger partial charge in [0, 0.05) is 0 Å². The van der Waals surface area contributed by atoms with E-state index in [9.17, 15) is 9.59 Å². The first-order valence-corrected chi connectivity index (χ1v) is 10.2. The van der Waals surface area contributed by atoms with Crippen molar-refractivity contribution in [1.82, 2.24) is 10.9 Å². The number of carbonyl (C=O) groups is 2. The van der Waals surface area contributed by atoms with Crippen molar-refractivity contribution in [3.05, 3.63) is 84.4 Å². The van der Waals surface area contributed by atoms with Gasteiger partial charge >= 0.3 is 0 Å². The van der Waals surface area contributed by atoms with Gasteiger partial charge in [0.1, 0.15) is 11.5 Å². The fourth-order valence-electron chi connectivity index (χ4n) is 2.87. The number of ether oxygens (including phenoxy) is 2. The van der Waals surface area contributed by atoms with Gasteiger partial charge in [-0.3, -0.25) is 20.4 Å². The lowest BCUT2D eigenvalue weighted by Crippen LogP contribution is -2.49. The second kappa shape index (κ2) is 10.8. The summed E-state index contributed by atoms with van der Waals surface area (Å²) in [5.74, 6) is 0.269. The zero-order chi connectivity index (χ0) is 22.1. The molecule has 0 spiro atoms. The van der Waals surface area contributed by atoms with Gasteiger partial charge in [0.25, 0.3) is 11.8 Å². The van der Waals surface area contributed by atoms with Crippen LogP contribution in [0.4, 0.5) is 0 Å². The van der Waals surface area contributed by atoms with Crippen LogP contribution < -0.4 is 20.3 Å². The molecule has 31 heavy (non-hydrogen) atoms. The van der Waals surface area contributed by atoms with Gasteiger partial charge in [-0.25, -0.2) is 0 Å². The maximum atomic E-state index is 12.4. The zero-order valence-corrected chi connectivity index (χ0v) is 17.6. The molecule has 3 aromatic rings. The number of rotatable bonds is 8.